The molecule has 1 aliphatic carbocycles. The molecule has 0 aromatic heterocycles. The van der Waals surface area contributed by atoms with Gasteiger partial charge in [0.25, 0.3) is 0 Å². The highest BCUT2D eigenvalue weighted by Gasteiger charge is 2.41. The van der Waals surface area contributed by atoms with Crippen LogP contribution in [0.2, 0.25) is 0 Å². The molecule has 0 unspecified atom stereocenters. The van der Waals surface area contributed by atoms with Gasteiger partial charge < -0.3 is 5.32 Å². The lowest BCUT2D eigenvalue weighted by atomic mass is 9.87. The van der Waals surface area contributed by atoms with E-state index in [-0.39, 0.29) is 11.7 Å². The Bertz CT molecular complexity index is 518. The predicted octanol–water partition coefficient (Wildman–Crippen LogP) is 3.45. The highest BCUT2D eigenvalue weighted by molar-refractivity contribution is 14.1. The van der Waals surface area contributed by atoms with Crippen molar-refractivity contribution >= 4 is 34.2 Å². The highest BCUT2D eigenvalue weighted by atomic mass is 127. The van der Waals surface area contributed by atoms with E-state index in [0.717, 1.165) is 12.8 Å². The molecule has 1 aliphatic rings. The quantitative estimate of drug-likeness (QED) is 0.824. The Kier molecular flexibility index (Phi) is 3.85. The number of carbonyl (C=O) groups is 1. The van der Waals surface area contributed by atoms with Crippen LogP contribution in [0.5, 0.6) is 0 Å². The van der Waals surface area contributed by atoms with Gasteiger partial charge in [-0.3, -0.25) is 4.79 Å². The summed E-state index contributed by atoms with van der Waals surface area (Å²) in [6, 6.07) is 6.31. The Morgan fingerprint density at radius 2 is 2.11 bits per heavy atom. The van der Waals surface area contributed by atoms with Crippen molar-refractivity contribution in [3.63, 3.8) is 0 Å². The van der Waals surface area contributed by atoms with E-state index in [4.69, 9.17) is 0 Å². The standard InChI is InChI=1S/C13H12FIN2O/c14-9-3-4-11(10(15)7-9)17-12(18)13(8-16)5-1-2-6-13/h3-4,7H,1-2,5-6H2,(H,17,18). The lowest BCUT2D eigenvalue weighted by molar-refractivity contribution is -0.122. The molecule has 3 nitrogen and oxygen atoms in total. The first-order chi connectivity index (χ1) is 8.57. The summed E-state index contributed by atoms with van der Waals surface area (Å²) in [6.45, 7) is 0. The lowest BCUT2D eigenvalue weighted by Gasteiger charge is -2.19. The number of nitrogens with zero attached hydrogens (tertiary/aromatic N) is 1. The van der Waals surface area contributed by atoms with Crippen LogP contribution in [0.3, 0.4) is 0 Å². The summed E-state index contributed by atoms with van der Waals surface area (Å²) in [7, 11) is 0. The molecular weight excluding hydrogens is 346 g/mol. The predicted molar refractivity (Wildman–Crippen MR) is 74.3 cm³/mol. The summed E-state index contributed by atoms with van der Waals surface area (Å²) in [5, 5.41) is 11.9. The second kappa shape index (κ2) is 5.22. The SMILES string of the molecule is N#CC1(C(=O)Nc2ccc(F)cc2I)CCCC1. The minimum atomic E-state index is -0.905. The molecule has 0 saturated heterocycles. The fourth-order valence-electron chi connectivity index (χ4n) is 2.20. The van der Waals surface area contributed by atoms with Crippen LogP contribution in [0.1, 0.15) is 25.7 Å². The maximum atomic E-state index is 13.0. The molecule has 5 heteroatoms. The molecule has 0 radical (unpaired) electrons. The Morgan fingerprint density at radius 1 is 1.44 bits per heavy atom. The fourth-order valence-corrected chi connectivity index (χ4v) is 2.81. The van der Waals surface area contributed by atoms with Gasteiger partial charge in [-0.15, -0.1) is 0 Å². The van der Waals surface area contributed by atoms with Crippen LogP contribution in [0.15, 0.2) is 18.2 Å². The van der Waals surface area contributed by atoms with Crippen molar-refractivity contribution in [2.75, 3.05) is 5.32 Å². The molecule has 1 amide bonds. The average molecular weight is 358 g/mol. The van der Waals surface area contributed by atoms with Gasteiger partial charge in [-0.2, -0.15) is 5.26 Å². The molecule has 0 bridgehead atoms. The minimum Gasteiger partial charge on any atom is -0.324 e. The minimum absolute atomic E-state index is 0.271. The number of hydrogen-bond donors (Lipinski definition) is 1. The van der Waals surface area contributed by atoms with Crippen LogP contribution in [-0.2, 0) is 4.79 Å². The van der Waals surface area contributed by atoms with Crippen LogP contribution < -0.4 is 5.32 Å². The fraction of sp³-hybridized carbons (Fsp3) is 0.385. The zero-order chi connectivity index (χ0) is 13.2. The van der Waals surface area contributed by atoms with Gasteiger partial charge in [-0.1, -0.05) is 12.8 Å². The van der Waals surface area contributed by atoms with Crippen molar-refractivity contribution in [2.24, 2.45) is 5.41 Å². The lowest BCUT2D eigenvalue weighted by Crippen LogP contribution is -2.32. The van der Waals surface area contributed by atoms with Crippen molar-refractivity contribution in [2.45, 2.75) is 25.7 Å². The number of amides is 1. The van der Waals surface area contributed by atoms with Crippen LogP contribution in [0.25, 0.3) is 0 Å². The Balaban J connectivity index is 2.19. The molecule has 1 N–H and O–H groups in total. The van der Waals surface area contributed by atoms with Gasteiger partial charge in [0, 0.05) is 3.57 Å². The largest absolute Gasteiger partial charge is 0.324 e. The molecule has 0 aliphatic heterocycles. The molecule has 0 heterocycles. The second-order valence-electron chi connectivity index (χ2n) is 4.48. The smallest absolute Gasteiger partial charge is 0.244 e. The zero-order valence-electron chi connectivity index (χ0n) is 9.67. The maximum absolute atomic E-state index is 13.0. The molecule has 94 valence electrons. The Morgan fingerprint density at radius 3 is 2.67 bits per heavy atom. The summed E-state index contributed by atoms with van der Waals surface area (Å²) in [4.78, 5) is 12.2. The third-order valence-corrected chi connectivity index (χ3v) is 4.18. The van der Waals surface area contributed by atoms with Gasteiger partial charge in [-0.05, 0) is 53.6 Å². The topological polar surface area (TPSA) is 52.9 Å². The van der Waals surface area contributed by atoms with Crippen molar-refractivity contribution in [3.05, 3.63) is 27.6 Å². The van der Waals surface area contributed by atoms with Crippen molar-refractivity contribution in [1.82, 2.24) is 0 Å². The van der Waals surface area contributed by atoms with E-state index in [1.54, 1.807) is 0 Å². The molecule has 0 atom stereocenters. The van der Waals surface area contributed by atoms with E-state index in [1.165, 1.54) is 18.2 Å². The average Bonchev–Trinajstić information content (AvgIpc) is 2.82. The van der Waals surface area contributed by atoms with E-state index in [0.29, 0.717) is 22.1 Å². The number of nitriles is 1. The Hall–Kier alpha value is -1.16. The number of carbonyl (C=O) groups excluding carboxylic acids is 1. The van der Waals surface area contributed by atoms with E-state index < -0.39 is 5.41 Å². The van der Waals surface area contributed by atoms with E-state index in [1.807, 2.05) is 22.6 Å². The molecular formula is C13H12FIN2O. The van der Waals surface area contributed by atoms with Gasteiger partial charge in [0.2, 0.25) is 5.91 Å². The van der Waals surface area contributed by atoms with Crippen LogP contribution >= 0.6 is 22.6 Å². The molecule has 2 rings (SSSR count). The molecule has 1 aromatic carbocycles. The number of nitrogens with one attached hydrogen (secondary N) is 1. The molecule has 1 fully saturated rings. The van der Waals surface area contributed by atoms with Gasteiger partial charge >= 0.3 is 0 Å². The summed E-state index contributed by atoms with van der Waals surface area (Å²) < 4.78 is 13.6. The first-order valence-corrected chi connectivity index (χ1v) is 6.83. The van der Waals surface area contributed by atoms with Crippen LogP contribution in [-0.4, -0.2) is 5.91 Å². The molecule has 18 heavy (non-hydrogen) atoms. The number of halogens is 2. The summed E-state index contributed by atoms with van der Waals surface area (Å²) >= 11 is 1.96. The number of benzene rings is 1. The first kappa shape index (κ1) is 13.3. The summed E-state index contributed by atoms with van der Waals surface area (Å²) in [5.41, 5.74) is -0.346. The van der Waals surface area contributed by atoms with E-state index in [9.17, 15) is 14.4 Å². The highest BCUT2D eigenvalue weighted by Crippen LogP contribution is 2.38. The summed E-state index contributed by atoms with van der Waals surface area (Å²) in [5.74, 6) is -0.611. The Labute approximate surface area is 119 Å². The van der Waals surface area contributed by atoms with Crippen LogP contribution in [0.4, 0.5) is 10.1 Å². The third-order valence-electron chi connectivity index (χ3n) is 3.29. The van der Waals surface area contributed by atoms with E-state index >= 15 is 0 Å². The number of anilines is 1. The molecule has 0 spiro atoms. The summed E-state index contributed by atoms with van der Waals surface area (Å²) in [6.07, 6.45) is 3.02. The zero-order valence-corrected chi connectivity index (χ0v) is 11.8. The number of hydrogen-bond acceptors (Lipinski definition) is 2. The first-order valence-electron chi connectivity index (χ1n) is 5.75. The second-order valence-corrected chi connectivity index (χ2v) is 5.64. The van der Waals surface area contributed by atoms with Gasteiger partial charge in [-0.25, -0.2) is 4.39 Å². The monoisotopic (exact) mass is 358 g/mol. The normalized spacial score (nSPS) is 17.2. The molecule has 1 saturated carbocycles. The van der Waals surface area contributed by atoms with Crippen LogP contribution in [0, 0.1) is 26.1 Å². The van der Waals surface area contributed by atoms with Gasteiger partial charge in [0.1, 0.15) is 11.2 Å². The third kappa shape index (κ3) is 2.48. The number of rotatable bonds is 2. The van der Waals surface area contributed by atoms with Crippen molar-refractivity contribution < 1.29 is 9.18 Å². The van der Waals surface area contributed by atoms with Crippen molar-refractivity contribution in [3.8, 4) is 6.07 Å². The van der Waals surface area contributed by atoms with Gasteiger partial charge in [0.05, 0.1) is 11.8 Å². The van der Waals surface area contributed by atoms with E-state index in [2.05, 4.69) is 11.4 Å². The van der Waals surface area contributed by atoms with Crippen molar-refractivity contribution in [1.29, 1.82) is 5.26 Å². The molecule has 1 aromatic rings. The van der Waals surface area contributed by atoms with Gasteiger partial charge in [0.15, 0.2) is 0 Å². The maximum Gasteiger partial charge on any atom is 0.244 e.